The maximum atomic E-state index is 11.6. The monoisotopic (exact) mass is 368 g/mol. The van der Waals surface area contributed by atoms with Gasteiger partial charge in [0.25, 0.3) is 0 Å². The van der Waals surface area contributed by atoms with E-state index in [0.29, 0.717) is 0 Å². The van der Waals surface area contributed by atoms with Gasteiger partial charge in [-0.25, -0.2) is 0 Å². The first-order chi connectivity index (χ1) is 13.1. The highest BCUT2D eigenvalue weighted by Crippen LogP contribution is 2.15. The number of likely N-dealkylation sites (tertiary alicyclic amines) is 1. The Hall–Kier alpha value is -2.53. The summed E-state index contributed by atoms with van der Waals surface area (Å²) in [6.07, 6.45) is 10.3. The Labute approximate surface area is 160 Å². The minimum absolute atomic E-state index is 0.239. The van der Waals surface area contributed by atoms with E-state index in [1.165, 1.54) is 44.6 Å². The molecule has 2 aromatic rings. The smallest absolute Gasteiger partial charge is 0.223 e. The zero-order chi connectivity index (χ0) is 19.1. The van der Waals surface area contributed by atoms with Gasteiger partial charge in [0.1, 0.15) is 5.75 Å². The lowest BCUT2D eigenvalue weighted by Crippen LogP contribution is -2.31. The van der Waals surface area contributed by atoms with Gasteiger partial charge in [-0.3, -0.25) is 4.79 Å². The molecule has 0 bridgehead atoms. The highest BCUT2D eigenvalue weighted by atomic mass is 16.5. The Morgan fingerprint density at radius 2 is 1.85 bits per heavy atom. The van der Waals surface area contributed by atoms with Crippen LogP contribution in [0.25, 0.3) is 12.2 Å². The van der Waals surface area contributed by atoms with Crippen molar-refractivity contribution in [2.75, 3.05) is 26.2 Å². The molecule has 1 aromatic heterocycles. The molecule has 0 spiro atoms. The fourth-order valence-corrected chi connectivity index (χ4v) is 3.32. The number of aromatic nitrogens is 1. The van der Waals surface area contributed by atoms with Crippen molar-refractivity contribution in [2.45, 2.75) is 25.7 Å². The average molecular weight is 368 g/mol. The van der Waals surface area contributed by atoms with Crippen molar-refractivity contribution in [1.29, 1.82) is 0 Å². The normalized spacial score (nSPS) is 15.3. The lowest BCUT2D eigenvalue weighted by atomic mass is 10.1. The average Bonchev–Trinajstić information content (AvgIpc) is 2.69. The predicted molar refractivity (Wildman–Crippen MR) is 109 cm³/mol. The van der Waals surface area contributed by atoms with Crippen LogP contribution in [0.2, 0.25) is 0 Å². The SMILES string of the molecule is Cn1cc(O)c(=O)cc1/C=C/c1ccc(OCCCN2CCCCC2)cc1. The number of benzene rings is 1. The first kappa shape index (κ1) is 19.2. The second-order valence-corrected chi connectivity index (χ2v) is 7.07. The van der Waals surface area contributed by atoms with Gasteiger partial charge in [0.15, 0.2) is 5.75 Å². The Bertz CT molecular complexity index is 818. The van der Waals surface area contributed by atoms with E-state index in [-0.39, 0.29) is 11.2 Å². The molecule has 0 aliphatic carbocycles. The van der Waals surface area contributed by atoms with E-state index in [0.717, 1.165) is 36.6 Å². The molecule has 0 unspecified atom stereocenters. The molecule has 0 amide bonds. The van der Waals surface area contributed by atoms with E-state index in [2.05, 4.69) is 4.90 Å². The molecule has 0 saturated carbocycles. The van der Waals surface area contributed by atoms with Gasteiger partial charge in [-0.15, -0.1) is 0 Å². The second kappa shape index (κ2) is 9.42. The Balaban J connectivity index is 1.48. The molecular weight excluding hydrogens is 340 g/mol. The van der Waals surface area contributed by atoms with Gasteiger partial charge in [0, 0.05) is 31.5 Å². The molecule has 0 radical (unpaired) electrons. The highest BCUT2D eigenvalue weighted by molar-refractivity contribution is 5.68. The summed E-state index contributed by atoms with van der Waals surface area (Å²) in [5.41, 5.74) is 1.38. The second-order valence-electron chi connectivity index (χ2n) is 7.07. The zero-order valence-corrected chi connectivity index (χ0v) is 15.9. The molecule has 1 aromatic carbocycles. The van der Waals surface area contributed by atoms with Crippen LogP contribution in [-0.4, -0.2) is 40.8 Å². The van der Waals surface area contributed by atoms with E-state index in [4.69, 9.17) is 4.74 Å². The number of hydrogen-bond acceptors (Lipinski definition) is 4. The van der Waals surface area contributed by atoms with Crippen LogP contribution in [0.4, 0.5) is 0 Å². The molecule has 1 aliphatic heterocycles. The predicted octanol–water partition coefficient (Wildman–Crippen LogP) is 3.52. The number of ether oxygens (including phenoxy) is 1. The minimum Gasteiger partial charge on any atom is -0.503 e. The quantitative estimate of drug-likeness (QED) is 0.760. The Morgan fingerprint density at radius 3 is 2.59 bits per heavy atom. The van der Waals surface area contributed by atoms with E-state index in [1.807, 2.05) is 36.4 Å². The van der Waals surface area contributed by atoms with Crippen molar-refractivity contribution in [2.24, 2.45) is 7.05 Å². The van der Waals surface area contributed by atoms with Crippen molar-refractivity contribution >= 4 is 12.2 Å². The molecule has 3 rings (SSSR count). The summed E-state index contributed by atoms with van der Waals surface area (Å²) in [5.74, 6) is 0.638. The fourth-order valence-electron chi connectivity index (χ4n) is 3.32. The minimum atomic E-state index is -0.374. The largest absolute Gasteiger partial charge is 0.503 e. The lowest BCUT2D eigenvalue weighted by molar-refractivity contribution is 0.205. The van der Waals surface area contributed by atoms with Gasteiger partial charge in [0.05, 0.1) is 6.61 Å². The first-order valence-corrected chi connectivity index (χ1v) is 9.65. The van der Waals surface area contributed by atoms with Crippen LogP contribution in [0.5, 0.6) is 11.5 Å². The van der Waals surface area contributed by atoms with Gasteiger partial charge >= 0.3 is 0 Å². The van der Waals surface area contributed by atoms with Crippen molar-refractivity contribution < 1.29 is 9.84 Å². The lowest BCUT2D eigenvalue weighted by Gasteiger charge is -2.26. The summed E-state index contributed by atoms with van der Waals surface area (Å²) < 4.78 is 7.55. The summed E-state index contributed by atoms with van der Waals surface area (Å²) in [7, 11) is 1.79. The third kappa shape index (κ3) is 5.73. The Kier molecular flexibility index (Phi) is 6.71. The molecule has 1 fully saturated rings. The first-order valence-electron chi connectivity index (χ1n) is 9.65. The van der Waals surface area contributed by atoms with Crippen molar-refractivity contribution in [3.8, 4) is 11.5 Å². The summed E-state index contributed by atoms with van der Waals surface area (Å²) in [4.78, 5) is 14.1. The van der Waals surface area contributed by atoms with Gasteiger partial charge in [-0.05, 0) is 56.1 Å². The van der Waals surface area contributed by atoms with Crippen molar-refractivity contribution in [1.82, 2.24) is 9.47 Å². The summed E-state index contributed by atoms with van der Waals surface area (Å²) >= 11 is 0. The summed E-state index contributed by atoms with van der Waals surface area (Å²) in [5, 5.41) is 9.43. The van der Waals surface area contributed by atoms with Crippen LogP contribution in [0.15, 0.2) is 41.3 Å². The van der Waals surface area contributed by atoms with Crippen LogP contribution in [0.3, 0.4) is 0 Å². The third-order valence-corrected chi connectivity index (χ3v) is 4.92. The molecule has 27 heavy (non-hydrogen) atoms. The maximum Gasteiger partial charge on any atom is 0.223 e. The molecule has 2 heterocycles. The summed E-state index contributed by atoms with van der Waals surface area (Å²) in [6.45, 7) is 4.31. The van der Waals surface area contributed by atoms with Gasteiger partial charge in [-0.2, -0.15) is 0 Å². The van der Waals surface area contributed by atoms with Crippen molar-refractivity contribution in [3.63, 3.8) is 0 Å². The Morgan fingerprint density at radius 1 is 1.11 bits per heavy atom. The molecule has 5 heteroatoms. The molecule has 1 aliphatic rings. The molecule has 1 N–H and O–H groups in total. The number of pyridine rings is 1. The maximum absolute atomic E-state index is 11.6. The van der Waals surface area contributed by atoms with E-state index >= 15 is 0 Å². The van der Waals surface area contributed by atoms with E-state index in [1.54, 1.807) is 11.6 Å². The van der Waals surface area contributed by atoms with Gasteiger partial charge in [-0.1, -0.05) is 24.6 Å². The summed E-state index contributed by atoms with van der Waals surface area (Å²) in [6, 6.07) is 9.35. The number of rotatable bonds is 7. The highest BCUT2D eigenvalue weighted by Gasteiger charge is 2.09. The number of aromatic hydroxyl groups is 1. The molecule has 5 nitrogen and oxygen atoms in total. The zero-order valence-electron chi connectivity index (χ0n) is 15.9. The van der Waals surface area contributed by atoms with E-state index in [9.17, 15) is 9.90 Å². The van der Waals surface area contributed by atoms with Crippen molar-refractivity contribution in [3.05, 3.63) is 58.0 Å². The van der Waals surface area contributed by atoms with Crippen LogP contribution in [0.1, 0.15) is 36.9 Å². The standard InChI is InChI=1S/C22H28N2O3/c1-23-17-22(26)21(25)16-19(23)9-6-18-7-10-20(11-8-18)27-15-5-14-24-12-3-2-4-13-24/h6-11,16-17,26H,2-5,12-15H2,1H3/b9-6+. The molecule has 1 saturated heterocycles. The topological polar surface area (TPSA) is 54.7 Å². The number of piperidine rings is 1. The fraction of sp³-hybridized carbons (Fsp3) is 0.409. The van der Waals surface area contributed by atoms with E-state index < -0.39 is 0 Å². The van der Waals surface area contributed by atoms with Crippen LogP contribution in [-0.2, 0) is 7.05 Å². The van der Waals surface area contributed by atoms with Crippen LogP contribution in [0, 0.1) is 0 Å². The number of nitrogens with zero attached hydrogens (tertiary/aromatic N) is 2. The van der Waals surface area contributed by atoms with Crippen LogP contribution < -0.4 is 10.2 Å². The third-order valence-electron chi connectivity index (χ3n) is 4.92. The number of aryl methyl sites for hydroxylation is 1. The van der Waals surface area contributed by atoms with Crippen LogP contribution >= 0.6 is 0 Å². The van der Waals surface area contributed by atoms with Gasteiger partial charge in [0.2, 0.25) is 5.43 Å². The molecule has 0 atom stereocenters. The molecular formula is C22H28N2O3. The van der Waals surface area contributed by atoms with Gasteiger partial charge < -0.3 is 19.3 Å². The number of hydrogen-bond donors (Lipinski definition) is 1. The molecule has 144 valence electrons.